The van der Waals surface area contributed by atoms with Gasteiger partial charge in [-0.05, 0) is 17.7 Å². The SMILES string of the molecule is COc1cc(C=NNC(=O)Cc2ccccc2)cc(OC)c1OC(F)F. The molecule has 0 radical (unpaired) electrons. The fourth-order valence-corrected chi connectivity index (χ4v) is 2.18. The number of hydrazone groups is 1. The predicted octanol–water partition coefficient (Wildman–Crippen LogP) is 3.00. The van der Waals surface area contributed by atoms with Crippen LogP contribution in [0.3, 0.4) is 0 Å². The summed E-state index contributed by atoms with van der Waals surface area (Å²) in [6.45, 7) is -3.02. The molecule has 0 unspecified atom stereocenters. The molecule has 0 saturated carbocycles. The molecular weight excluding hydrogens is 346 g/mol. The van der Waals surface area contributed by atoms with Gasteiger partial charge in [-0.15, -0.1) is 0 Å². The van der Waals surface area contributed by atoms with Crippen molar-refractivity contribution in [3.8, 4) is 17.2 Å². The summed E-state index contributed by atoms with van der Waals surface area (Å²) in [5.41, 5.74) is 3.73. The molecule has 2 rings (SSSR count). The number of nitrogens with one attached hydrogen (secondary N) is 1. The molecule has 0 aromatic heterocycles. The van der Waals surface area contributed by atoms with Crippen LogP contribution in [0.2, 0.25) is 0 Å². The Morgan fingerprint density at radius 2 is 1.77 bits per heavy atom. The maximum atomic E-state index is 12.5. The van der Waals surface area contributed by atoms with Crippen molar-refractivity contribution in [1.29, 1.82) is 0 Å². The Bertz CT molecular complexity index is 742. The van der Waals surface area contributed by atoms with Gasteiger partial charge in [-0.25, -0.2) is 5.43 Å². The highest BCUT2D eigenvalue weighted by atomic mass is 19.3. The van der Waals surface area contributed by atoms with Crippen LogP contribution in [0.4, 0.5) is 8.78 Å². The minimum absolute atomic E-state index is 0.0571. The Morgan fingerprint density at radius 1 is 1.15 bits per heavy atom. The van der Waals surface area contributed by atoms with Crippen LogP contribution in [0.1, 0.15) is 11.1 Å². The van der Waals surface area contributed by atoms with Gasteiger partial charge in [0.1, 0.15) is 0 Å². The molecule has 0 aliphatic rings. The molecule has 0 heterocycles. The molecule has 26 heavy (non-hydrogen) atoms. The van der Waals surface area contributed by atoms with Crippen LogP contribution in [0.25, 0.3) is 0 Å². The lowest BCUT2D eigenvalue weighted by molar-refractivity contribution is -0.120. The van der Waals surface area contributed by atoms with Crippen LogP contribution >= 0.6 is 0 Å². The van der Waals surface area contributed by atoms with E-state index in [1.54, 1.807) is 0 Å². The summed E-state index contributed by atoms with van der Waals surface area (Å²) in [7, 11) is 2.63. The quantitative estimate of drug-likeness (QED) is 0.578. The number of hydrogen-bond donors (Lipinski definition) is 1. The van der Waals surface area contributed by atoms with Crippen LogP contribution < -0.4 is 19.6 Å². The first-order valence-electron chi connectivity index (χ1n) is 7.60. The summed E-state index contributed by atoms with van der Waals surface area (Å²) in [5.74, 6) is -0.386. The van der Waals surface area contributed by atoms with Crippen molar-refractivity contribution in [3.05, 3.63) is 53.6 Å². The summed E-state index contributed by atoms with van der Waals surface area (Å²) in [6, 6.07) is 12.1. The third-order valence-corrected chi connectivity index (χ3v) is 3.30. The molecule has 2 aromatic carbocycles. The van der Waals surface area contributed by atoms with Crippen LogP contribution in [0, 0.1) is 0 Å². The van der Waals surface area contributed by atoms with E-state index in [9.17, 15) is 13.6 Å². The average molecular weight is 364 g/mol. The van der Waals surface area contributed by atoms with Crippen LogP contribution in [0.5, 0.6) is 17.2 Å². The van der Waals surface area contributed by atoms with Gasteiger partial charge in [0.15, 0.2) is 11.5 Å². The lowest BCUT2D eigenvalue weighted by Crippen LogP contribution is -2.19. The summed E-state index contributed by atoms with van der Waals surface area (Å²) in [4.78, 5) is 11.8. The van der Waals surface area contributed by atoms with Gasteiger partial charge in [0.05, 0.1) is 26.9 Å². The van der Waals surface area contributed by atoms with Gasteiger partial charge in [0, 0.05) is 5.56 Å². The number of halogens is 2. The van der Waals surface area contributed by atoms with Gasteiger partial charge in [-0.2, -0.15) is 13.9 Å². The fraction of sp³-hybridized carbons (Fsp3) is 0.222. The zero-order valence-corrected chi connectivity index (χ0v) is 14.2. The van der Waals surface area contributed by atoms with Gasteiger partial charge in [0.25, 0.3) is 0 Å². The number of methoxy groups -OCH3 is 2. The zero-order valence-electron chi connectivity index (χ0n) is 14.2. The molecule has 0 spiro atoms. The van der Waals surface area contributed by atoms with E-state index in [0.29, 0.717) is 5.56 Å². The van der Waals surface area contributed by atoms with E-state index in [1.165, 1.54) is 32.6 Å². The molecule has 0 bridgehead atoms. The van der Waals surface area contributed by atoms with E-state index in [1.807, 2.05) is 30.3 Å². The van der Waals surface area contributed by atoms with Gasteiger partial charge in [0.2, 0.25) is 11.7 Å². The van der Waals surface area contributed by atoms with Crippen molar-refractivity contribution in [3.63, 3.8) is 0 Å². The summed E-state index contributed by atoms with van der Waals surface area (Å²) < 4.78 is 39.6. The van der Waals surface area contributed by atoms with E-state index < -0.39 is 6.61 Å². The second kappa shape index (κ2) is 9.36. The molecule has 138 valence electrons. The van der Waals surface area contributed by atoms with Crippen molar-refractivity contribution < 1.29 is 27.8 Å². The number of carbonyl (C=O) groups excluding carboxylic acids is 1. The van der Waals surface area contributed by atoms with Gasteiger partial charge in [-0.3, -0.25) is 4.79 Å². The normalized spacial score (nSPS) is 10.8. The molecule has 0 fully saturated rings. The number of ether oxygens (including phenoxy) is 3. The number of amides is 1. The van der Waals surface area contributed by atoms with Crippen molar-refractivity contribution in [1.82, 2.24) is 5.43 Å². The summed E-state index contributed by atoms with van der Waals surface area (Å²) in [5, 5.41) is 3.85. The summed E-state index contributed by atoms with van der Waals surface area (Å²) in [6.07, 6.45) is 1.53. The second-order valence-electron chi connectivity index (χ2n) is 5.09. The van der Waals surface area contributed by atoms with E-state index in [2.05, 4.69) is 15.3 Å². The fourth-order valence-electron chi connectivity index (χ4n) is 2.18. The minimum Gasteiger partial charge on any atom is -0.493 e. The highest BCUT2D eigenvalue weighted by Crippen LogP contribution is 2.39. The van der Waals surface area contributed by atoms with Gasteiger partial charge >= 0.3 is 6.61 Å². The Hall–Kier alpha value is -3.16. The second-order valence-corrected chi connectivity index (χ2v) is 5.09. The van der Waals surface area contributed by atoms with E-state index >= 15 is 0 Å². The Morgan fingerprint density at radius 3 is 2.31 bits per heavy atom. The topological polar surface area (TPSA) is 69.2 Å². The lowest BCUT2D eigenvalue weighted by Gasteiger charge is -2.14. The first kappa shape index (κ1) is 19.2. The largest absolute Gasteiger partial charge is 0.493 e. The molecule has 6 nitrogen and oxygen atoms in total. The number of carbonyl (C=O) groups is 1. The van der Waals surface area contributed by atoms with Crippen LogP contribution in [-0.2, 0) is 11.2 Å². The first-order chi connectivity index (χ1) is 12.5. The van der Waals surface area contributed by atoms with Gasteiger partial charge < -0.3 is 14.2 Å². The highest BCUT2D eigenvalue weighted by molar-refractivity contribution is 5.85. The van der Waals surface area contributed by atoms with Crippen LogP contribution in [0.15, 0.2) is 47.6 Å². The minimum atomic E-state index is -3.02. The number of nitrogens with zero attached hydrogens (tertiary/aromatic N) is 1. The smallest absolute Gasteiger partial charge is 0.387 e. The maximum Gasteiger partial charge on any atom is 0.387 e. The number of rotatable bonds is 8. The Labute approximate surface area is 149 Å². The standard InChI is InChI=1S/C18H18F2N2O4/c1-24-14-8-13(9-15(25-2)17(14)26-18(19)20)11-21-22-16(23)10-12-6-4-3-5-7-12/h3-9,11,18H,10H2,1-2H3,(H,22,23). The Balaban J connectivity index is 2.08. The lowest BCUT2D eigenvalue weighted by atomic mass is 10.1. The van der Waals surface area contributed by atoms with Crippen molar-refractivity contribution >= 4 is 12.1 Å². The zero-order chi connectivity index (χ0) is 18.9. The predicted molar refractivity (Wildman–Crippen MR) is 92.1 cm³/mol. The van der Waals surface area contributed by atoms with Crippen molar-refractivity contribution in [2.75, 3.05) is 14.2 Å². The maximum absolute atomic E-state index is 12.5. The summed E-state index contributed by atoms with van der Waals surface area (Å²) >= 11 is 0. The average Bonchev–Trinajstić information content (AvgIpc) is 2.62. The Kier molecular flexibility index (Phi) is 6.90. The molecule has 2 aromatic rings. The number of hydrogen-bond acceptors (Lipinski definition) is 5. The van der Waals surface area contributed by atoms with E-state index in [4.69, 9.17) is 9.47 Å². The molecule has 0 aliphatic heterocycles. The van der Waals surface area contributed by atoms with E-state index in [0.717, 1.165) is 5.56 Å². The molecule has 1 N–H and O–H groups in total. The first-order valence-corrected chi connectivity index (χ1v) is 7.60. The molecule has 1 amide bonds. The highest BCUT2D eigenvalue weighted by Gasteiger charge is 2.17. The molecular formula is C18H18F2N2O4. The van der Waals surface area contributed by atoms with Gasteiger partial charge in [-0.1, -0.05) is 30.3 Å². The molecule has 0 atom stereocenters. The van der Waals surface area contributed by atoms with Crippen molar-refractivity contribution in [2.45, 2.75) is 13.0 Å². The van der Waals surface area contributed by atoms with E-state index in [-0.39, 0.29) is 29.6 Å². The number of alkyl halides is 2. The third kappa shape index (κ3) is 5.44. The monoisotopic (exact) mass is 364 g/mol. The molecule has 8 heteroatoms. The van der Waals surface area contributed by atoms with Crippen LogP contribution in [-0.4, -0.2) is 33.0 Å². The van der Waals surface area contributed by atoms with Crippen molar-refractivity contribution in [2.24, 2.45) is 5.10 Å². The number of benzene rings is 2. The molecule has 0 aliphatic carbocycles. The third-order valence-electron chi connectivity index (χ3n) is 3.30. The molecule has 0 saturated heterocycles.